The lowest BCUT2D eigenvalue weighted by Crippen LogP contribution is -2.76. The normalized spacial score (nSPS) is 19.0. The van der Waals surface area contributed by atoms with Gasteiger partial charge in [0.05, 0.1) is 30.8 Å². The van der Waals surface area contributed by atoms with Crippen molar-refractivity contribution < 1.29 is 19.5 Å². The summed E-state index contributed by atoms with van der Waals surface area (Å²) in [6.45, 7) is 4.64. The Bertz CT molecular complexity index is 1640. The summed E-state index contributed by atoms with van der Waals surface area (Å²) in [5.74, 6) is -0.335. The molecule has 2 aliphatic heterocycles. The van der Waals surface area contributed by atoms with E-state index in [4.69, 9.17) is 0 Å². The van der Waals surface area contributed by atoms with Crippen LogP contribution in [0.1, 0.15) is 16.8 Å². The van der Waals surface area contributed by atoms with E-state index >= 15 is 0 Å². The Balaban J connectivity index is 1.36. The van der Waals surface area contributed by atoms with Crippen molar-refractivity contribution in [1.82, 2.24) is 35.1 Å². The Morgan fingerprint density at radius 2 is 1.93 bits per heavy atom. The van der Waals surface area contributed by atoms with Crippen molar-refractivity contribution in [2.75, 3.05) is 19.6 Å². The monoisotopic (exact) mass is 579 g/mol. The van der Waals surface area contributed by atoms with Crippen molar-refractivity contribution in [1.29, 1.82) is 0 Å². The molecule has 43 heavy (non-hydrogen) atoms. The van der Waals surface area contributed by atoms with Gasteiger partial charge >= 0.3 is 6.03 Å². The van der Waals surface area contributed by atoms with Crippen molar-refractivity contribution >= 4 is 28.7 Å². The number of aromatic nitrogens is 2. The molecular weight excluding hydrogens is 546 g/mol. The predicted octanol–water partition coefficient (Wildman–Crippen LogP) is 3.01. The highest BCUT2D eigenvalue weighted by Crippen LogP contribution is 2.30. The van der Waals surface area contributed by atoms with Gasteiger partial charge in [-0.3, -0.25) is 14.6 Å². The van der Waals surface area contributed by atoms with Crippen LogP contribution >= 0.6 is 0 Å². The minimum Gasteiger partial charge on any atom is -0.508 e. The van der Waals surface area contributed by atoms with E-state index in [2.05, 4.69) is 21.9 Å². The van der Waals surface area contributed by atoms with Gasteiger partial charge < -0.3 is 25.2 Å². The number of carbonyl (C=O) groups excluding carboxylic acids is 3. The van der Waals surface area contributed by atoms with Gasteiger partial charge in [0, 0.05) is 31.9 Å². The number of benzene rings is 2. The maximum atomic E-state index is 14.2. The van der Waals surface area contributed by atoms with Crippen molar-refractivity contribution in [3.05, 3.63) is 109 Å². The van der Waals surface area contributed by atoms with Gasteiger partial charge in [0.15, 0.2) is 0 Å². The number of fused-ring (bicyclic) bond motifs is 2. The summed E-state index contributed by atoms with van der Waals surface area (Å²) in [4.78, 5) is 52.6. The van der Waals surface area contributed by atoms with Gasteiger partial charge in [-0.15, -0.1) is 6.58 Å². The first-order valence-corrected chi connectivity index (χ1v) is 14.2. The predicted molar refractivity (Wildman–Crippen MR) is 160 cm³/mol. The Morgan fingerprint density at radius 3 is 2.70 bits per heavy atom. The average Bonchev–Trinajstić information content (AvgIpc) is 3.50. The summed E-state index contributed by atoms with van der Waals surface area (Å²) >= 11 is 0. The SMILES string of the molecule is C=CCN1CC(=O)N2C(Cc3ccc(O)cc3)C(=O)N(Cc3cccc4cc[nH]c34)CC2N1C(=O)NCc1ccccn1. The summed E-state index contributed by atoms with van der Waals surface area (Å²) < 4.78 is 0. The number of hydrogen-bond acceptors (Lipinski definition) is 6. The number of rotatable bonds is 8. The summed E-state index contributed by atoms with van der Waals surface area (Å²) in [6, 6.07) is 18.7. The molecule has 6 rings (SSSR count). The number of hydrogen-bond donors (Lipinski definition) is 3. The molecule has 11 nitrogen and oxygen atoms in total. The van der Waals surface area contributed by atoms with Crippen LogP contribution in [-0.4, -0.2) is 84.6 Å². The van der Waals surface area contributed by atoms with Gasteiger partial charge in [0.2, 0.25) is 11.8 Å². The van der Waals surface area contributed by atoms with Crippen LogP contribution in [0.15, 0.2) is 91.8 Å². The molecule has 0 bridgehead atoms. The van der Waals surface area contributed by atoms with E-state index in [9.17, 15) is 19.5 Å². The number of hydrazine groups is 1. The molecule has 0 radical (unpaired) electrons. The van der Waals surface area contributed by atoms with E-state index < -0.39 is 18.2 Å². The third kappa shape index (κ3) is 5.67. The quantitative estimate of drug-likeness (QED) is 0.276. The standard InChI is InChI=1S/C32H33N7O4/c1-2-16-37-21-29(41)38-27(17-22-9-11-26(40)12-10-22)31(42)36(19-24-7-5-6-23-13-15-34-30(23)24)20-28(38)39(37)32(43)35-18-25-8-3-4-14-33-25/h2-15,27-28,34,40H,1,16-21H2,(H,35,43). The number of pyridine rings is 1. The maximum absolute atomic E-state index is 14.2. The van der Waals surface area contributed by atoms with Crippen LogP contribution in [0.2, 0.25) is 0 Å². The molecule has 2 aromatic carbocycles. The number of piperazine rings is 1. The van der Waals surface area contributed by atoms with Crippen molar-refractivity contribution in [3.63, 3.8) is 0 Å². The minimum atomic E-state index is -0.851. The summed E-state index contributed by atoms with van der Waals surface area (Å²) in [6.07, 6.45) is 4.65. The van der Waals surface area contributed by atoms with Crippen LogP contribution in [0.5, 0.6) is 5.75 Å². The van der Waals surface area contributed by atoms with Crippen LogP contribution in [-0.2, 0) is 29.1 Å². The molecule has 4 aromatic rings. The van der Waals surface area contributed by atoms with Crippen LogP contribution in [0, 0.1) is 0 Å². The Labute approximate surface area is 249 Å². The second-order valence-corrected chi connectivity index (χ2v) is 10.7. The van der Waals surface area contributed by atoms with E-state index in [1.807, 2.05) is 42.6 Å². The van der Waals surface area contributed by atoms with Crippen molar-refractivity contribution in [2.45, 2.75) is 31.7 Å². The van der Waals surface area contributed by atoms with Gasteiger partial charge in [-0.1, -0.05) is 42.5 Å². The number of urea groups is 1. The number of para-hydroxylation sites is 1. The first-order valence-electron chi connectivity index (χ1n) is 14.2. The van der Waals surface area contributed by atoms with E-state index in [1.165, 1.54) is 0 Å². The van der Waals surface area contributed by atoms with Crippen LogP contribution in [0.3, 0.4) is 0 Å². The Morgan fingerprint density at radius 1 is 1.09 bits per heavy atom. The zero-order valence-corrected chi connectivity index (χ0v) is 23.6. The fourth-order valence-electron chi connectivity index (χ4n) is 5.94. The number of nitrogens with one attached hydrogen (secondary N) is 2. The summed E-state index contributed by atoms with van der Waals surface area (Å²) in [7, 11) is 0. The zero-order valence-electron chi connectivity index (χ0n) is 23.6. The maximum Gasteiger partial charge on any atom is 0.334 e. The molecule has 2 unspecified atom stereocenters. The number of H-pyrrole nitrogens is 1. The smallest absolute Gasteiger partial charge is 0.334 e. The fourth-order valence-corrected chi connectivity index (χ4v) is 5.94. The third-order valence-electron chi connectivity index (χ3n) is 7.93. The highest BCUT2D eigenvalue weighted by molar-refractivity contribution is 5.92. The number of carbonyl (C=O) groups is 3. The molecule has 0 aliphatic carbocycles. The molecule has 2 atom stereocenters. The number of phenolic OH excluding ortho intramolecular Hbond substituents is 1. The highest BCUT2D eigenvalue weighted by atomic mass is 16.3. The summed E-state index contributed by atoms with van der Waals surface area (Å²) in [5, 5.41) is 17.0. The van der Waals surface area contributed by atoms with E-state index in [0.29, 0.717) is 12.2 Å². The molecule has 2 aliphatic rings. The second-order valence-electron chi connectivity index (χ2n) is 10.7. The Kier molecular flexibility index (Phi) is 7.80. The fraction of sp³-hybridized carbons (Fsp3) is 0.250. The lowest BCUT2D eigenvalue weighted by molar-refractivity contribution is -0.189. The topological polar surface area (TPSA) is 125 Å². The molecule has 3 N–H and O–H groups in total. The van der Waals surface area contributed by atoms with E-state index in [-0.39, 0.29) is 50.2 Å². The number of aromatic hydroxyl groups is 1. The summed E-state index contributed by atoms with van der Waals surface area (Å²) in [5.41, 5.74) is 3.35. The van der Waals surface area contributed by atoms with Gasteiger partial charge in [0.1, 0.15) is 18.0 Å². The minimum absolute atomic E-state index is 0.0827. The molecule has 2 saturated heterocycles. The average molecular weight is 580 g/mol. The molecule has 0 saturated carbocycles. The van der Waals surface area contributed by atoms with Gasteiger partial charge in [-0.2, -0.15) is 0 Å². The first-order chi connectivity index (χ1) is 20.9. The van der Waals surface area contributed by atoms with Crippen LogP contribution in [0.25, 0.3) is 10.9 Å². The van der Waals surface area contributed by atoms with Gasteiger partial charge in [-0.05, 0) is 46.8 Å². The lowest BCUT2D eigenvalue weighted by Gasteiger charge is -2.55. The lowest BCUT2D eigenvalue weighted by atomic mass is 9.98. The second kappa shape index (κ2) is 12.0. The molecule has 220 valence electrons. The molecular formula is C32H33N7O4. The molecule has 4 heterocycles. The van der Waals surface area contributed by atoms with Crippen molar-refractivity contribution in [3.8, 4) is 5.75 Å². The van der Waals surface area contributed by atoms with Gasteiger partial charge in [0.25, 0.3) is 0 Å². The van der Waals surface area contributed by atoms with Gasteiger partial charge in [-0.25, -0.2) is 14.8 Å². The van der Waals surface area contributed by atoms with Crippen LogP contribution < -0.4 is 5.32 Å². The molecule has 2 fully saturated rings. The number of amides is 4. The Hall–Kier alpha value is -5.16. The highest BCUT2D eigenvalue weighted by Gasteiger charge is 2.51. The largest absolute Gasteiger partial charge is 0.508 e. The van der Waals surface area contributed by atoms with E-state index in [1.54, 1.807) is 62.4 Å². The van der Waals surface area contributed by atoms with Crippen LogP contribution in [0.4, 0.5) is 4.79 Å². The molecule has 4 amide bonds. The zero-order chi connectivity index (χ0) is 29.9. The third-order valence-corrected chi connectivity index (χ3v) is 7.93. The van der Waals surface area contributed by atoms with E-state index in [0.717, 1.165) is 22.0 Å². The molecule has 2 aromatic heterocycles. The number of aromatic amines is 1. The first kappa shape index (κ1) is 28.0. The molecule has 11 heteroatoms. The number of phenols is 1. The number of nitrogens with zero attached hydrogens (tertiary/aromatic N) is 5. The van der Waals surface area contributed by atoms with Crippen molar-refractivity contribution in [2.24, 2.45) is 0 Å². The molecule has 0 spiro atoms.